The molecule has 1 heterocycles. The lowest BCUT2D eigenvalue weighted by Crippen LogP contribution is -2.47. The van der Waals surface area contributed by atoms with Crippen LogP contribution in [0.25, 0.3) is 0 Å². The van der Waals surface area contributed by atoms with E-state index in [2.05, 4.69) is 5.32 Å². The summed E-state index contributed by atoms with van der Waals surface area (Å²) in [6.45, 7) is 5.69. The largest absolute Gasteiger partial charge is 0.481 e. The Hall–Kier alpha value is -1.10. The molecule has 0 radical (unpaired) electrons. The number of rotatable bonds is 7. The van der Waals surface area contributed by atoms with Crippen molar-refractivity contribution in [2.24, 2.45) is 0 Å². The van der Waals surface area contributed by atoms with Crippen LogP contribution < -0.4 is 5.32 Å². The van der Waals surface area contributed by atoms with Crippen molar-refractivity contribution in [3.8, 4) is 0 Å². The second kappa shape index (κ2) is 6.89. The summed E-state index contributed by atoms with van der Waals surface area (Å²) in [6.07, 6.45) is 4.19. The lowest BCUT2D eigenvalue weighted by atomic mass is 9.94. The number of carboxylic acids is 1. The number of carbonyl (C=O) groups is 2. The highest BCUT2D eigenvalue weighted by Crippen LogP contribution is 2.23. The summed E-state index contributed by atoms with van der Waals surface area (Å²) < 4.78 is 5.66. The number of carbonyl (C=O) groups excluding carboxylic acids is 1. The first-order valence-corrected chi connectivity index (χ1v) is 7.03. The maximum absolute atomic E-state index is 11.9. The van der Waals surface area contributed by atoms with E-state index in [0.717, 1.165) is 12.8 Å². The van der Waals surface area contributed by atoms with Crippen LogP contribution in [0, 0.1) is 0 Å². The van der Waals surface area contributed by atoms with Crippen molar-refractivity contribution in [3.05, 3.63) is 0 Å². The van der Waals surface area contributed by atoms with Crippen molar-refractivity contribution in [1.29, 1.82) is 0 Å². The molecule has 19 heavy (non-hydrogen) atoms. The monoisotopic (exact) mass is 271 g/mol. The smallest absolute Gasteiger partial charge is 0.305 e. The average molecular weight is 271 g/mol. The normalized spacial score (nSPS) is 25.8. The fourth-order valence-electron chi connectivity index (χ4n) is 2.38. The molecule has 3 atom stereocenters. The molecule has 2 N–H and O–H groups in total. The highest BCUT2D eigenvalue weighted by atomic mass is 16.5. The summed E-state index contributed by atoms with van der Waals surface area (Å²) >= 11 is 0. The quantitative estimate of drug-likeness (QED) is 0.743. The van der Waals surface area contributed by atoms with Gasteiger partial charge in [0.05, 0.1) is 18.6 Å². The molecular weight excluding hydrogens is 246 g/mol. The molecular formula is C14H25NO4. The molecule has 1 saturated heterocycles. The molecule has 3 unspecified atom stereocenters. The Morgan fingerprint density at radius 1 is 1.42 bits per heavy atom. The van der Waals surface area contributed by atoms with Crippen molar-refractivity contribution in [1.82, 2.24) is 5.32 Å². The maximum Gasteiger partial charge on any atom is 0.305 e. The van der Waals surface area contributed by atoms with Gasteiger partial charge in [-0.2, -0.15) is 0 Å². The molecule has 0 aromatic carbocycles. The molecule has 1 aliphatic rings. The Morgan fingerprint density at radius 2 is 2.11 bits per heavy atom. The van der Waals surface area contributed by atoms with E-state index in [0.29, 0.717) is 25.4 Å². The van der Waals surface area contributed by atoms with Gasteiger partial charge in [-0.1, -0.05) is 6.92 Å². The third-order valence-electron chi connectivity index (χ3n) is 3.78. The van der Waals surface area contributed by atoms with Crippen LogP contribution in [0.2, 0.25) is 0 Å². The molecule has 0 aromatic heterocycles. The Morgan fingerprint density at radius 3 is 2.58 bits per heavy atom. The van der Waals surface area contributed by atoms with Crippen molar-refractivity contribution in [3.63, 3.8) is 0 Å². The van der Waals surface area contributed by atoms with Crippen LogP contribution in [-0.2, 0) is 14.3 Å². The first kappa shape index (κ1) is 16.0. The van der Waals surface area contributed by atoms with Crippen LogP contribution in [0.1, 0.15) is 59.3 Å². The minimum Gasteiger partial charge on any atom is -0.481 e. The summed E-state index contributed by atoms with van der Waals surface area (Å²) in [5, 5.41) is 11.7. The summed E-state index contributed by atoms with van der Waals surface area (Å²) in [5.74, 6) is -0.980. The van der Waals surface area contributed by atoms with Crippen LogP contribution in [-0.4, -0.2) is 34.7 Å². The minimum absolute atomic E-state index is 0.0494. The lowest BCUT2D eigenvalue weighted by molar-refractivity contribution is -0.139. The molecule has 110 valence electrons. The molecule has 1 rings (SSSR count). The van der Waals surface area contributed by atoms with Crippen LogP contribution in [0.15, 0.2) is 0 Å². The number of amides is 1. The number of ether oxygens (including phenoxy) is 1. The van der Waals surface area contributed by atoms with E-state index in [1.807, 2.05) is 13.8 Å². The maximum atomic E-state index is 11.9. The van der Waals surface area contributed by atoms with Gasteiger partial charge in [-0.15, -0.1) is 0 Å². The zero-order valence-electron chi connectivity index (χ0n) is 12.1. The molecule has 0 aliphatic carbocycles. The Labute approximate surface area is 114 Å². The van der Waals surface area contributed by atoms with Gasteiger partial charge in [0.1, 0.15) is 0 Å². The minimum atomic E-state index is -0.891. The van der Waals surface area contributed by atoms with E-state index in [9.17, 15) is 9.59 Å². The summed E-state index contributed by atoms with van der Waals surface area (Å²) in [4.78, 5) is 22.7. The lowest BCUT2D eigenvalue weighted by Gasteiger charge is -2.28. The van der Waals surface area contributed by atoms with E-state index in [4.69, 9.17) is 9.84 Å². The fourth-order valence-corrected chi connectivity index (χ4v) is 2.38. The second-order valence-electron chi connectivity index (χ2n) is 5.72. The predicted octanol–water partition coefficient (Wildman–Crippen LogP) is 2.09. The zero-order chi connectivity index (χ0) is 14.5. The van der Waals surface area contributed by atoms with Crippen LogP contribution in [0.3, 0.4) is 0 Å². The number of hydrogen-bond acceptors (Lipinski definition) is 3. The first-order valence-electron chi connectivity index (χ1n) is 7.03. The zero-order valence-corrected chi connectivity index (χ0v) is 12.1. The van der Waals surface area contributed by atoms with Gasteiger partial charge in [0.2, 0.25) is 5.91 Å². The van der Waals surface area contributed by atoms with Gasteiger partial charge in [-0.05, 0) is 39.5 Å². The first-order chi connectivity index (χ1) is 8.84. The molecule has 5 heteroatoms. The fraction of sp³-hybridized carbons (Fsp3) is 0.857. The molecule has 0 spiro atoms. The van der Waals surface area contributed by atoms with Gasteiger partial charge in [0, 0.05) is 12.0 Å². The molecule has 0 aromatic rings. The molecule has 1 amide bonds. The van der Waals surface area contributed by atoms with Crippen molar-refractivity contribution >= 4 is 11.9 Å². The molecule has 1 aliphatic heterocycles. The van der Waals surface area contributed by atoms with Crippen LogP contribution in [0.5, 0.6) is 0 Å². The number of hydrogen-bond donors (Lipinski definition) is 2. The SMILES string of the molecule is CCC(C)(CC(=O)O)NC(=O)CCC1CCC(C)O1. The predicted molar refractivity (Wildman–Crippen MR) is 71.9 cm³/mol. The number of carboxylic acid groups (broad SMARTS) is 1. The van der Waals surface area contributed by atoms with E-state index >= 15 is 0 Å². The standard InChI is InChI=1S/C14H25NO4/c1-4-14(3,9-13(17)18)15-12(16)8-7-11-6-5-10(2)19-11/h10-11H,4-9H2,1-3H3,(H,15,16)(H,17,18). The van der Waals surface area contributed by atoms with Gasteiger partial charge < -0.3 is 15.2 Å². The van der Waals surface area contributed by atoms with E-state index in [1.165, 1.54) is 0 Å². The van der Waals surface area contributed by atoms with Gasteiger partial charge in [-0.25, -0.2) is 0 Å². The summed E-state index contributed by atoms with van der Waals surface area (Å²) in [5.41, 5.74) is -0.660. The third kappa shape index (κ3) is 5.59. The van der Waals surface area contributed by atoms with Crippen LogP contribution in [0.4, 0.5) is 0 Å². The molecule has 5 nitrogen and oxygen atoms in total. The van der Waals surface area contributed by atoms with Gasteiger partial charge in [0.15, 0.2) is 0 Å². The van der Waals surface area contributed by atoms with Gasteiger partial charge >= 0.3 is 5.97 Å². The van der Waals surface area contributed by atoms with E-state index in [-0.39, 0.29) is 18.4 Å². The molecule has 1 fully saturated rings. The van der Waals surface area contributed by atoms with Crippen molar-refractivity contribution in [2.75, 3.05) is 0 Å². The second-order valence-corrected chi connectivity index (χ2v) is 5.72. The Bertz CT molecular complexity index is 331. The van der Waals surface area contributed by atoms with Gasteiger partial charge in [0.25, 0.3) is 0 Å². The molecule has 0 saturated carbocycles. The third-order valence-corrected chi connectivity index (χ3v) is 3.78. The average Bonchev–Trinajstić information content (AvgIpc) is 2.71. The van der Waals surface area contributed by atoms with Crippen LogP contribution >= 0.6 is 0 Å². The van der Waals surface area contributed by atoms with E-state index in [1.54, 1.807) is 6.92 Å². The van der Waals surface area contributed by atoms with Crippen molar-refractivity contribution in [2.45, 2.75) is 77.0 Å². The Balaban J connectivity index is 2.34. The van der Waals surface area contributed by atoms with E-state index < -0.39 is 11.5 Å². The molecule has 0 bridgehead atoms. The Kier molecular flexibility index (Phi) is 5.79. The van der Waals surface area contributed by atoms with Gasteiger partial charge in [-0.3, -0.25) is 9.59 Å². The number of nitrogens with one attached hydrogen (secondary N) is 1. The summed E-state index contributed by atoms with van der Waals surface area (Å²) in [6, 6.07) is 0. The summed E-state index contributed by atoms with van der Waals surface area (Å²) in [7, 11) is 0. The highest BCUT2D eigenvalue weighted by molar-refractivity contribution is 5.78. The number of aliphatic carboxylic acids is 1. The van der Waals surface area contributed by atoms with Crippen molar-refractivity contribution < 1.29 is 19.4 Å². The topological polar surface area (TPSA) is 75.6 Å². The highest BCUT2D eigenvalue weighted by Gasteiger charge is 2.28.